The van der Waals surface area contributed by atoms with Crippen LogP contribution in [-0.4, -0.2) is 43.2 Å². The van der Waals surface area contributed by atoms with Gasteiger partial charge in [0.15, 0.2) is 5.76 Å². The molecule has 1 aromatic carbocycles. The molecule has 3 rings (SSSR count). The third-order valence-electron chi connectivity index (χ3n) is 5.31. The number of sulfonamides is 1. The fourth-order valence-corrected chi connectivity index (χ4v) is 5.01. The second-order valence-electron chi connectivity index (χ2n) is 7.64. The van der Waals surface area contributed by atoms with Crippen molar-refractivity contribution in [3.05, 3.63) is 53.5 Å². The molecule has 0 saturated carbocycles. The van der Waals surface area contributed by atoms with E-state index in [0.29, 0.717) is 26.2 Å². The van der Waals surface area contributed by atoms with Crippen LogP contribution in [0.1, 0.15) is 61.6 Å². The molecular weight excluding hydrogens is 407 g/mol. The van der Waals surface area contributed by atoms with Crippen LogP contribution < -0.4 is 0 Å². The number of carbonyl (C=O) groups excluding carboxylic acids is 1. The molecular formula is C22H29FN2O4S. The molecule has 2 heterocycles. The average Bonchev–Trinajstić information content (AvgIpc) is 3.26. The van der Waals surface area contributed by atoms with E-state index in [9.17, 15) is 17.6 Å². The summed E-state index contributed by atoms with van der Waals surface area (Å²) in [5, 5.41) is -0.192. The SMILES string of the molecule is CCCCCN(Cc1ccc(F)cc1)C(=O)c1ccc(S(=O)(=O)N2CCCCC2)o1. The fourth-order valence-electron chi connectivity index (χ4n) is 3.58. The van der Waals surface area contributed by atoms with Crippen molar-refractivity contribution in [3.63, 3.8) is 0 Å². The van der Waals surface area contributed by atoms with E-state index in [1.165, 1.54) is 28.6 Å². The molecule has 0 aliphatic carbocycles. The van der Waals surface area contributed by atoms with Crippen molar-refractivity contribution < 1.29 is 22.0 Å². The zero-order valence-electron chi connectivity index (χ0n) is 17.3. The number of piperidine rings is 1. The maximum absolute atomic E-state index is 13.2. The Hall–Kier alpha value is -2.19. The van der Waals surface area contributed by atoms with Gasteiger partial charge in [-0.2, -0.15) is 4.31 Å². The van der Waals surface area contributed by atoms with E-state index in [4.69, 9.17) is 4.42 Å². The number of nitrogens with zero attached hydrogens (tertiary/aromatic N) is 2. The number of unbranched alkanes of at least 4 members (excludes halogenated alkanes) is 2. The van der Waals surface area contributed by atoms with Crippen molar-refractivity contribution in [2.75, 3.05) is 19.6 Å². The minimum atomic E-state index is -3.73. The number of halogens is 1. The van der Waals surface area contributed by atoms with E-state index in [0.717, 1.165) is 44.1 Å². The van der Waals surface area contributed by atoms with E-state index in [2.05, 4.69) is 6.92 Å². The van der Waals surface area contributed by atoms with Crippen LogP contribution in [0.5, 0.6) is 0 Å². The zero-order valence-corrected chi connectivity index (χ0v) is 18.2. The maximum atomic E-state index is 13.2. The van der Waals surface area contributed by atoms with Crippen LogP contribution in [0.4, 0.5) is 4.39 Å². The maximum Gasteiger partial charge on any atom is 0.289 e. The number of furan rings is 1. The Bertz CT molecular complexity index is 934. The molecule has 0 atom stereocenters. The van der Waals surface area contributed by atoms with Crippen LogP contribution in [0.15, 0.2) is 45.9 Å². The number of amides is 1. The molecule has 0 radical (unpaired) electrons. The molecule has 0 unspecified atom stereocenters. The number of hydrogen-bond donors (Lipinski definition) is 0. The number of benzene rings is 1. The first-order chi connectivity index (χ1) is 14.4. The second kappa shape index (κ2) is 10.2. The highest BCUT2D eigenvalue weighted by molar-refractivity contribution is 7.89. The van der Waals surface area contributed by atoms with Crippen LogP contribution in [0, 0.1) is 5.82 Å². The largest absolute Gasteiger partial charge is 0.438 e. The van der Waals surface area contributed by atoms with E-state index in [1.54, 1.807) is 17.0 Å². The third-order valence-corrected chi connectivity index (χ3v) is 7.08. The highest BCUT2D eigenvalue weighted by Gasteiger charge is 2.30. The van der Waals surface area contributed by atoms with Gasteiger partial charge in [-0.15, -0.1) is 0 Å². The summed E-state index contributed by atoms with van der Waals surface area (Å²) in [5.41, 5.74) is 0.800. The van der Waals surface area contributed by atoms with Crippen LogP contribution in [-0.2, 0) is 16.6 Å². The lowest BCUT2D eigenvalue weighted by Gasteiger charge is -2.24. The summed E-state index contributed by atoms with van der Waals surface area (Å²) in [7, 11) is -3.73. The van der Waals surface area contributed by atoms with E-state index in [-0.39, 0.29) is 22.6 Å². The molecule has 1 amide bonds. The molecule has 1 saturated heterocycles. The summed E-state index contributed by atoms with van der Waals surface area (Å²) in [5.74, 6) is -0.694. The minimum absolute atomic E-state index is 0.00388. The van der Waals surface area contributed by atoms with Gasteiger partial charge in [-0.25, -0.2) is 12.8 Å². The highest BCUT2D eigenvalue weighted by Crippen LogP contribution is 2.23. The molecule has 164 valence electrons. The summed E-state index contributed by atoms with van der Waals surface area (Å²) < 4.78 is 45.7. The number of carbonyl (C=O) groups is 1. The predicted molar refractivity (Wildman–Crippen MR) is 112 cm³/mol. The molecule has 8 heteroatoms. The molecule has 1 fully saturated rings. The summed E-state index contributed by atoms with van der Waals surface area (Å²) in [6, 6.07) is 8.80. The Balaban J connectivity index is 1.77. The Morgan fingerprint density at radius 3 is 2.43 bits per heavy atom. The highest BCUT2D eigenvalue weighted by atomic mass is 32.2. The van der Waals surface area contributed by atoms with Crippen molar-refractivity contribution in [1.82, 2.24) is 9.21 Å². The molecule has 1 aliphatic rings. The normalized spacial score (nSPS) is 15.3. The molecule has 6 nitrogen and oxygen atoms in total. The lowest BCUT2D eigenvalue weighted by atomic mass is 10.2. The summed E-state index contributed by atoms with van der Waals surface area (Å²) in [4.78, 5) is 14.7. The van der Waals surface area contributed by atoms with Gasteiger partial charge in [0.05, 0.1) is 0 Å². The van der Waals surface area contributed by atoms with Gasteiger partial charge < -0.3 is 9.32 Å². The van der Waals surface area contributed by atoms with Crippen LogP contribution >= 0.6 is 0 Å². The Morgan fingerprint density at radius 1 is 1.07 bits per heavy atom. The van der Waals surface area contributed by atoms with Gasteiger partial charge >= 0.3 is 0 Å². The van der Waals surface area contributed by atoms with Gasteiger partial charge in [-0.05, 0) is 49.1 Å². The van der Waals surface area contributed by atoms with Crippen LogP contribution in [0.3, 0.4) is 0 Å². The molecule has 0 bridgehead atoms. The fraction of sp³-hybridized carbons (Fsp3) is 0.500. The van der Waals surface area contributed by atoms with E-state index < -0.39 is 10.0 Å². The quantitative estimate of drug-likeness (QED) is 0.546. The van der Waals surface area contributed by atoms with Gasteiger partial charge in [0.2, 0.25) is 5.09 Å². The first-order valence-electron chi connectivity index (χ1n) is 10.6. The molecule has 2 aromatic rings. The number of hydrogen-bond acceptors (Lipinski definition) is 4. The first kappa shape index (κ1) is 22.5. The summed E-state index contributed by atoms with van der Waals surface area (Å²) in [6.07, 6.45) is 5.48. The summed E-state index contributed by atoms with van der Waals surface area (Å²) >= 11 is 0. The van der Waals surface area contributed by atoms with Crippen molar-refractivity contribution in [3.8, 4) is 0 Å². The smallest absolute Gasteiger partial charge is 0.289 e. The Labute approximate surface area is 177 Å². The first-order valence-corrected chi connectivity index (χ1v) is 12.0. The van der Waals surface area contributed by atoms with Crippen molar-refractivity contribution >= 4 is 15.9 Å². The standard InChI is InChI=1S/C22H29FN2O4S/c1-2-3-5-14-24(17-18-8-10-19(23)11-9-18)22(26)20-12-13-21(29-20)30(27,28)25-15-6-4-7-16-25/h8-13H,2-7,14-17H2,1H3. The molecule has 1 aromatic heterocycles. The van der Waals surface area contributed by atoms with Crippen LogP contribution in [0.25, 0.3) is 0 Å². The molecule has 0 spiro atoms. The van der Waals surface area contributed by atoms with Crippen molar-refractivity contribution in [2.45, 2.75) is 57.1 Å². The topological polar surface area (TPSA) is 70.8 Å². The molecule has 30 heavy (non-hydrogen) atoms. The predicted octanol–water partition coefficient (Wildman–Crippen LogP) is 4.43. The third kappa shape index (κ3) is 5.49. The van der Waals surface area contributed by atoms with Gasteiger partial charge in [0.1, 0.15) is 5.82 Å². The lowest BCUT2D eigenvalue weighted by molar-refractivity contribution is 0.0701. The monoisotopic (exact) mass is 436 g/mol. The average molecular weight is 437 g/mol. The number of rotatable bonds is 9. The lowest BCUT2D eigenvalue weighted by Crippen LogP contribution is -2.35. The van der Waals surface area contributed by atoms with E-state index >= 15 is 0 Å². The van der Waals surface area contributed by atoms with Gasteiger partial charge in [0.25, 0.3) is 15.9 Å². The summed E-state index contributed by atoms with van der Waals surface area (Å²) in [6.45, 7) is 3.84. The Kier molecular flexibility index (Phi) is 7.66. The molecule has 0 N–H and O–H groups in total. The molecule has 1 aliphatic heterocycles. The van der Waals surface area contributed by atoms with Crippen LogP contribution in [0.2, 0.25) is 0 Å². The van der Waals surface area contributed by atoms with Gasteiger partial charge in [-0.1, -0.05) is 38.3 Å². The zero-order chi connectivity index (χ0) is 21.6. The van der Waals surface area contributed by atoms with Crippen molar-refractivity contribution in [2.24, 2.45) is 0 Å². The Morgan fingerprint density at radius 2 is 1.77 bits per heavy atom. The second-order valence-corrected chi connectivity index (χ2v) is 9.51. The van der Waals surface area contributed by atoms with Gasteiger partial charge in [-0.3, -0.25) is 4.79 Å². The van der Waals surface area contributed by atoms with Gasteiger partial charge in [0, 0.05) is 26.2 Å². The minimum Gasteiger partial charge on any atom is -0.438 e. The van der Waals surface area contributed by atoms with Crippen molar-refractivity contribution in [1.29, 1.82) is 0 Å². The van der Waals surface area contributed by atoms with E-state index in [1.807, 2.05) is 0 Å².